The van der Waals surface area contributed by atoms with Crippen LogP contribution in [0.15, 0.2) is 47.3 Å². The molecule has 0 atom stereocenters. The molecule has 0 unspecified atom stereocenters. The summed E-state index contributed by atoms with van der Waals surface area (Å²) >= 11 is 0. The Morgan fingerprint density at radius 2 is 1.73 bits per heavy atom. The summed E-state index contributed by atoms with van der Waals surface area (Å²) < 4.78 is 1.26. The average Bonchev–Trinajstić information content (AvgIpc) is 2.58. The zero-order valence-electron chi connectivity index (χ0n) is 12.4. The molecule has 1 saturated heterocycles. The fraction of sp³-hybridized carbons (Fsp3) is 0.353. The first kappa shape index (κ1) is 14.5. The lowest BCUT2D eigenvalue weighted by atomic mass is 10.1. The summed E-state index contributed by atoms with van der Waals surface area (Å²) in [7, 11) is 0. The predicted molar refractivity (Wildman–Crippen MR) is 84.4 cm³/mol. The van der Waals surface area contributed by atoms with Crippen molar-refractivity contribution in [1.82, 2.24) is 14.7 Å². The minimum atomic E-state index is -0.245. The van der Waals surface area contributed by atoms with Crippen LogP contribution in [-0.2, 0) is 11.3 Å². The number of carbonyl (C=O) groups is 1. The zero-order chi connectivity index (χ0) is 15.4. The van der Waals surface area contributed by atoms with E-state index in [4.69, 9.17) is 0 Å². The number of rotatable bonds is 3. The van der Waals surface area contributed by atoms with Crippen LogP contribution in [0, 0.1) is 0 Å². The molecule has 1 aromatic carbocycles. The van der Waals surface area contributed by atoms with Gasteiger partial charge in [0.15, 0.2) is 0 Å². The summed E-state index contributed by atoms with van der Waals surface area (Å²) in [6.07, 6.45) is 3.25. The number of carbonyl (C=O) groups excluding carboxylic acids is 1. The van der Waals surface area contributed by atoms with E-state index in [0.29, 0.717) is 5.69 Å². The van der Waals surface area contributed by atoms with E-state index in [2.05, 4.69) is 5.10 Å². The van der Waals surface area contributed by atoms with Crippen LogP contribution < -0.4 is 5.56 Å². The largest absolute Gasteiger partial charge is 0.341 e. The Bertz CT molecular complexity index is 703. The van der Waals surface area contributed by atoms with Gasteiger partial charge in [-0.2, -0.15) is 5.10 Å². The standard InChI is InChI=1S/C17H19N3O2/c21-16-10-9-15(14-7-3-1-4-8-14)18-20(16)13-17(22)19-11-5-2-6-12-19/h1,3-4,7-10H,2,5-6,11-13H2. The first-order valence-electron chi connectivity index (χ1n) is 7.65. The molecular formula is C17H19N3O2. The molecule has 114 valence electrons. The molecule has 0 bridgehead atoms. The van der Waals surface area contributed by atoms with E-state index in [1.807, 2.05) is 35.2 Å². The molecule has 1 aliphatic rings. The molecule has 1 amide bonds. The van der Waals surface area contributed by atoms with Crippen LogP contribution in [0.25, 0.3) is 11.3 Å². The first-order chi connectivity index (χ1) is 10.7. The van der Waals surface area contributed by atoms with Gasteiger partial charge < -0.3 is 4.90 Å². The second-order valence-electron chi connectivity index (χ2n) is 5.52. The molecule has 1 fully saturated rings. The van der Waals surface area contributed by atoms with Gasteiger partial charge in [0.1, 0.15) is 6.54 Å². The fourth-order valence-corrected chi connectivity index (χ4v) is 2.70. The third-order valence-electron chi connectivity index (χ3n) is 3.93. The topological polar surface area (TPSA) is 55.2 Å². The lowest BCUT2D eigenvalue weighted by Crippen LogP contribution is -2.40. The smallest absolute Gasteiger partial charge is 0.267 e. The number of aromatic nitrogens is 2. The fourth-order valence-electron chi connectivity index (χ4n) is 2.70. The molecule has 0 saturated carbocycles. The molecule has 3 rings (SSSR count). The number of piperidine rings is 1. The molecule has 1 aliphatic heterocycles. The number of nitrogens with zero attached hydrogens (tertiary/aromatic N) is 3. The van der Waals surface area contributed by atoms with Crippen molar-refractivity contribution < 1.29 is 4.79 Å². The van der Waals surface area contributed by atoms with Crippen LogP contribution in [0.4, 0.5) is 0 Å². The maximum Gasteiger partial charge on any atom is 0.267 e. The van der Waals surface area contributed by atoms with Crippen molar-refractivity contribution in [3.8, 4) is 11.3 Å². The molecule has 0 N–H and O–H groups in total. The molecule has 0 aliphatic carbocycles. The summed E-state index contributed by atoms with van der Waals surface area (Å²) in [6, 6.07) is 12.8. The molecule has 0 radical (unpaired) electrons. The molecule has 2 heterocycles. The van der Waals surface area contributed by atoms with Crippen LogP contribution in [0.1, 0.15) is 19.3 Å². The lowest BCUT2D eigenvalue weighted by molar-refractivity contribution is -0.133. The Labute approximate surface area is 129 Å². The van der Waals surface area contributed by atoms with E-state index in [-0.39, 0.29) is 18.0 Å². The zero-order valence-corrected chi connectivity index (χ0v) is 12.4. The van der Waals surface area contributed by atoms with Gasteiger partial charge in [-0.25, -0.2) is 4.68 Å². The van der Waals surface area contributed by atoms with Gasteiger partial charge in [0.05, 0.1) is 5.69 Å². The second kappa shape index (κ2) is 6.56. The van der Waals surface area contributed by atoms with Crippen molar-refractivity contribution in [2.45, 2.75) is 25.8 Å². The van der Waals surface area contributed by atoms with Gasteiger partial charge in [0.25, 0.3) is 5.56 Å². The minimum Gasteiger partial charge on any atom is -0.341 e. The van der Waals surface area contributed by atoms with E-state index >= 15 is 0 Å². The molecule has 0 spiro atoms. The highest BCUT2D eigenvalue weighted by atomic mass is 16.2. The van der Waals surface area contributed by atoms with Gasteiger partial charge in [-0.1, -0.05) is 30.3 Å². The molecule has 5 nitrogen and oxygen atoms in total. The summed E-state index contributed by atoms with van der Waals surface area (Å²) in [5, 5.41) is 4.33. The molecule has 5 heteroatoms. The van der Waals surface area contributed by atoms with Gasteiger partial charge >= 0.3 is 0 Å². The lowest BCUT2D eigenvalue weighted by Gasteiger charge is -2.26. The van der Waals surface area contributed by atoms with Crippen molar-refractivity contribution in [3.05, 3.63) is 52.8 Å². The number of benzene rings is 1. The Morgan fingerprint density at radius 1 is 1.00 bits per heavy atom. The van der Waals surface area contributed by atoms with Gasteiger partial charge in [-0.15, -0.1) is 0 Å². The normalized spacial score (nSPS) is 14.8. The maximum atomic E-state index is 12.3. The number of amides is 1. The van der Waals surface area contributed by atoms with Crippen molar-refractivity contribution in [2.75, 3.05) is 13.1 Å². The molecule has 22 heavy (non-hydrogen) atoms. The Hall–Kier alpha value is -2.43. The van der Waals surface area contributed by atoms with Crippen LogP contribution >= 0.6 is 0 Å². The van der Waals surface area contributed by atoms with Crippen LogP contribution in [0.5, 0.6) is 0 Å². The summed E-state index contributed by atoms with van der Waals surface area (Å²) in [6.45, 7) is 1.58. The third-order valence-corrected chi connectivity index (χ3v) is 3.93. The quantitative estimate of drug-likeness (QED) is 0.870. The highest BCUT2D eigenvalue weighted by Gasteiger charge is 2.17. The van der Waals surface area contributed by atoms with Crippen LogP contribution in [0.3, 0.4) is 0 Å². The summed E-state index contributed by atoms with van der Waals surface area (Å²) in [5.41, 5.74) is 1.39. The number of hydrogen-bond donors (Lipinski definition) is 0. The Balaban J connectivity index is 1.81. The molecule has 2 aromatic rings. The van der Waals surface area contributed by atoms with E-state index in [0.717, 1.165) is 31.5 Å². The average molecular weight is 297 g/mol. The van der Waals surface area contributed by atoms with E-state index < -0.39 is 0 Å². The van der Waals surface area contributed by atoms with Crippen molar-refractivity contribution in [3.63, 3.8) is 0 Å². The van der Waals surface area contributed by atoms with Crippen LogP contribution in [0.2, 0.25) is 0 Å². The van der Waals surface area contributed by atoms with Gasteiger partial charge in [0.2, 0.25) is 5.91 Å². The van der Waals surface area contributed by atoms with Gasteiger partial charge in [0, 0.05) is 24.7 Å². The van der Waals surface area contributed by atoms with Gasteiger partial charge in [-0.3, -0.25) is 9.59 Å². The highest BCUT2D eigenvalue weighted by Crippen LogP contribution is 2.14. The van der Waals surface area contributed by atoms with Crippen molar-refractivity contribution in [2.24, 2.45) is 0 Å². The molecular weight excluding hydrogens is 278 g/mol. The van der Waals surface area contributed by atoms with E-state index in [1.165, 1.54) is 17.2 Å². The Morgan fingerprint density at radius 3 is 2.45 bits per heavy atom. The van der Waals surface area contributed by atoms with E-state index in [9.17, 15) is 9.59 Å². The Kier molecular flexibility index (Phi) is 4.32. The first-order valence-corrected chi connectivity index (χ1v) is 7.65. The summed E-state index contributed by atoms with van der Waals surface area (Å²) in [5.74, 6) is -0.0282. The maximum absolute atomic E-state index is 12.3. The SMILES string of the molecule is O=C(Cn1nc(-c2ccccc2)ccc1=O)N1CCCCC1. The summed E-state index contributed by atoms with van der Waals surface area (Å²) in [4.78, 5) is 26.1. The van der Waals surface area contributed by atoms with Crippen molar-refractivity contribution >= 4 is 5.91 Å². The predicted octanol–water partition coefficient (Wildman–Crippen LogP) is 1.92. The van der Waals surface area contributed by atoms with E-state index in [1.54, 1.807) is 6.07 Å². The highest BCUT2D eigenvalue weighted by molar-refractivity contribution is 5.76. The number of hydrogen-bond acceptors (Lipinski definition) is 3. The third kappa shape index (κ3) is 3.24. The number of likely N-dealkylation sites (tertiary alicyclic amines) is 1. The van der Waals surface area contributed by atoms with Gasteiger partial charge in [-0.05, 0) is 25.3 Å². The minimum absolute atomic E-state index is 0.0134. The van der Waals surface area contributed by atoms with Crippen LogP contribution in [-0.4, -0.2) is 33.7 Å². The molecule has 1 aromatic heterocycles. The monoisotopic (exact) mass is 297 g/mol. The van der Waals surface area contributed by atoms with Crippen molar-refractivity contribution in [1.29, 1.82) is 0 Å². The second-order valence-corrected chi connectivity index (χ2v) is 5.52.